The van der Waals surface area contributed by atoms with Crippen molar-refractivity contribution in [2.75, 3.05) is 10.0 Å². The number of hydrogen-bond donors (Lipinski definition) is 3. The molecule has 0 saturated heterocycles. The van der Waals surface area contributed by atoms with Gasteiger partial charge in [-0.2, -0.15) is 10.1 Å². The van der Waals surface area contributed by atoms with Crippen molar-refractivity contribution in [2.24, 2.45) is 0 Å². The number of hydrogen-bond acceptors (Lipinski definition) is 5. The van der Waals surface area contributed by atoms with Crippen molar-refractivity contribution in [1.29, 1.82) is 0 Å². The summed E-state index contributed by atoms with van der Waals surface area (Å²) in [5, 5.41) is 8.10. The van der Waals surface area contributed by atoms with Gasteiger partial charge in [-0.3, -0.25) is 4.79 Å². The van der Waals surface area contributed by atoms with Gasteiger partial charge in [0.25, 0.3) is 10.0 Å². The molecule has 2 rings (SSSR count). The van der Waals surface area contributed by atoms with E-state index < -0.39 is 20.7 Å². The van der Waals surface area contributed by atoms with Crippen molar-refractivity contribution in [3.05, 3.63) is 30.3 Å². The zero-order chi connectivity index (χ0) is 14.8. The zero-order valence-electron chi connectivity index (χ0n) is 10.2. The molecule has 0 aliphatic rings. The van der Waals surface area contributed by atoms with Crippen molar-refractivity contribution in [3.8, 4) is 0 Å². The van der Waals surface area contributed by atoms with E-state index in [0.717, 1.165) is 18.5 Å². The van der Waals surface area contributed by atoms with Crippen LogP contribution in [0, 0.1) is 5.82 Å². The van der Waals surface area contributed by atoms with Crippen LogP contribution in [0.15, 0.2) is 29.4 Å². The molecule has 0 saturated carbocycles. The predicted molar refractivity (Wildman–Crippen MR) is 67.9 cm³/mol. The van der Waals surface area contributed by atoms with E-state index >= 15 is 0 Å². The smallest absolute Gasteiger partial charge is 0.267 e. The molecule has 0 atom stereocenters. The van der Waals surface area contributed by atoms with Crippen LogP contribution >= 0.6 is 0 Å². The standard InChI is InChI=1S/C10H10FN5O3S/c1-6(17)14-7-2-3-9(8(11)4-7)20(18,19)16-10-12-5-13-15-10/h2-5H,1H3,(H,14,17)(H2,12,13,15,16). The highest BCUT2D eigenvalue weighted by Gasteiger charge is 2.20. The molecule has 0 aliphatic carbocycles. The summed E-state index contributed by atoms with van der Waals surface area (Å²) in [7, 11) is -4.13. The summed E-state index contributed by atoms with van der Waals surface area (Å²) in [6.07, 6.45) is 1.11. The summed E-state index contributed by atoms with van der Waals surface area (Å²) in [6.45, 7) is 1.26. The molecule has 1 aromatic heterocycles. The van der Waals surface area contributed by atoms with Gasteiger partial charge in [0.1, 0.15) is 17.0 Å². The number of anilines is 2. The molecule has 0 bridgehead atoms. The Morgan fingerprint density at radius 2 is 2.15 bits per heavy atom. The normalized spacial score (nSPS) is 11.1. The molecule has 0 radical (unpaired) electrons. The summed E-state index contributed by atoms with van der Waals surface area (Å²) < 4.78 is 39.7. The number of benzene rings is 1. The van der Waals surface area contributed by atoms with Crippen LogP contribution in [0.5, 0.6) is 0 Å². The Labute approximate surface area is 113 Å². The fraction of sp³-hybridized carbons (Fsp3) is 0.100. The van der Waals surface area contributed by atoms with Crippen LogP contribution in [-0.4, -0.2) is 29.5 Å². The maximum absolute atomic E-state index is 13.8. The average molecular weight is 299 g/mol. The molecule has 1 amide bonds. The van der Waals surface area contributed by atoms with Crippen LogP contribution in [0.2, 0.25) is 0 Å². The van der Waals surface area contributed by atoms with Crippen LogP contribution < -0.4 is 10.0 Å². The third-order valence-corrected chi connectivity index (χ3v) is 3.56. The molecule has 10 heteroatoms. The monoisotopic (exact) mass is 299 g/mol. The number of nitrogens with one attached hydrogen (secondary N) is 3. The zero-order valence-corrected chi connectivity index (χ0v) is 11.0. The highest BCUT2D eigenvalue weighted by molar-refractivity contribution is 7.92. The number of rotatable bonds is 4. The van der Waals surface area contributed by atoms with E-state index in [9.17, 15) is 17.6 Å². The van der Waals surface area contributed by atoms with Gasteiger partial charge in [0.05, 0.1) is 0 Å². The average Bonchev–Trinajstić information content (AvgIpc) is 2.79. The molecule has 20 heavy (non-hydrogen) atoms. The summed E-state index contributed by atoms with van der Waals surface area (Å²) >= 11 is 0. The van der Waals surface area contributed by atoms with Gasteiger partial charge in [-0.25, -0.2) is 22.6 Å². The van der Waals surface area contributed by atoms with Crippen molar-refractivity contribution >= 4 is 27.6 Å². The molecule has 0 spiro atoms. The fourth-order valence-electron chi connectivity index (χ4n) is 1.44. The SMILES string of the molecule is CC(=O)Nc1ccc(S(=O)(=O)Nc2ncn[nH]2)c(F)c1. The third-order valence-electron chi connectivity index (χ3n) is 2.19. The van der Waals surface area contributed by atoms with Gasteiger partial charge in [-0.1, -0.05) is 0 Å². The number of H-pyrrole nitrogens is 1. The number of carbonyl (C=O) groups is 1. The van der Waals surface area contributed by atoms with Crippen LogP contribution in [0.3, 0.4) is 0 Å². The number of nitrogens with zero attached hydrogens (tertiary/aromatic N) is 2. The van der Waals surface area contributed by atoms with Crippen LogP contribution in [-0.2, 0) is 14.8 Å². The maximum Gasteiger partial charge on any atom is 0.267 e. The second-order valence-electron chi connectivity index (χ2n) is 3.77. The molecule has 1 aromatic carbocycles. The van der Waals surface area contributed by atoms with Gasteiger partial charge in [-0.05, 0) is 18.2 Å². The molecule has 0 aliphatic heterocycles. The molecule has 0 fully saturated rings. The van der Waals surface area contributed by atoms with Gasteiger partial charge in [-0.15, -0.1) is 0 Å². The highest BCUT2D eigenvalue weighted by atomic mass is 32.2. The first kappa shape index (κ1) is 13.9. The lowest BCUT2D eigenvalue weighted by molar-refractivity contribution is -0.114. The molecule has 106 valence electrons. The molecular formula is C10H10FN5O3S. The molecule has 2 aromatic rings. The van der Waals surface area contributed by atoms with Gasteiger partial charge in [0.15, 0.2) is 0 Å². The first-order valence-electron chi connectivity index (χ1n) is 5.34. The van der Waals surface area contributed by atoms with Crippen molar-refractivity contribution in [3.63, 3.8) is 0 Å². The van der Waals surface area contributed by atoms with Crippen molar-refractivity contribution in [1.82, 2.24) is 15.2 Å². The Morgan fingerprint density at radius 1 is 1.40 bits per heavy atom. The van der Waals surface area contributed by atoms with E-state index in [1.165, 1.54) is 13.0 Å². The quantitative estimate of drug-likeness (QED) is 0.768. The van der Waals surface area contributed by atoms with Crippen LogP contribution in [0.1, 0.15) is 6.92 Å². The van der Waals surface area contributed by atoms with Gasteiger partial charge >= 0.3 is 0 Å². The van der Waals surface area contributed by atoms with E-state index in [-0.39, 0.29) is 17.5 Å². The minimum absolute atomic E-state index is 0.129. The molecule has 8 nitrogen and oxygen atoms in total. The summed E-state index contributed by atoms with van der Waals surface area (Å²) in [5.41, 5.74) is 0.161. The lowest BCUT2D eigenvalue weighted by Crippen LogP contribution is -2.16. The molecule has 1 heterocycles. The van der Waals surface area contributed by atoms with Crippen LogP contribution in [0.25, 0.3) is 0 Å². The summed E-state index contributed by atoms with van der Waals surface area (Å²) in [4.78, 5) is 13.8. The maximum atomic E-state index is 13.8. The Bertz CT molecular complexity index is 729. The van der Waals surface area contributed by atoms with Gasteiger partial charge in [0.2, 0.25) is 11.9 Å². The minimum atomic E-state index is -4.13. The lowest BCUT2D eigenvalue weighted by atomic mass is 10.3. The molecule has 3 N–H and O–H groups in total. The minimum Gasteiger partial charge on any atom is -0.326 e. The number of carbonyl (C=O) groups excluding carboxylic acids is 1. The van der Waals surface area contributed by atoms with E-state index in [1.54, 1.807) is 0 Å². The van der Waals surface area contributed by atoms with Crippen molar-refractivity contribution in [2.45, 2.75) is 11.8 Å². The summed E-state index contributed by atoms with van der Waals surface area (Å²) in [5.74, 6) is -1.52. The van der Waals surface area contributed by atoms with Gasteiger partial charge < -0.3 is 5.32 Å². The molecule has 0 unspecified atom stereocenters. The lowest BCUT2D eigenvalue weighted by Gasteiger charge is -2.08. The number of amides is 1. The third kappa shape index (κ3) is 3.09. The highest BCUT2D eigenvalue weighted by Crippen LogP contribution is 2.20. The number of aromatic nitrogens is 3. The van der Waals surface area contributed by atoms with Crippen molar-refractivity contribution < 1.29 is 17.6 Å². The topological polar surface area (TPSA) is 117 Å². The number of halogens is 1. The second kappa shape index (κ2) is 5.25. The Morgan fingerprint density at radius 3 is 2.70 bits per heavy atom. The Kier molecular flexibility index (Phi) is 3.66. The van der Waals surface area contributed by atoms with Crippen LogP contribution in [0.4, 0.5) is 16.0 Å². The van der Waals surface area contributed by atoms with E-state index in [2.05, 4.69) is 20.5 Å². The predicted octanol–water partition coefficient (Wildman–Crippen LogP) is 0.703. The Balaban J connectivity index is 2.30. The first-order valence-corrected chi connectivity index (χ1v) is 6.82. The second-order valence-corrected chi connectivity index (χ2v) is 5.42. The fourth-order valence-corrected chi connectivity index (χ4v) is 2.46. The van der Waals surface area contributed by atoms with E-state index in [0.29, 0.717) is 0 Å². The largest absolute Gasteiger partial charge is 0.326 e. The van der Waals surface area contributed by atoms with E-state index in [1.807, 2.05) is 4.72 Å². The number of sulfonamides is 1. The van der Waals surface area contributed by atoms with Gasteiger partial charge in [0, 0.05) is 12.6 Å². The Hall–Kier alpha value is -2.49. The first-order chi connectivity index (χ1) is 9.38. The molecular weight excluding hydrogens is 289 g/mol. The van der Waals surface area contributed by atoms with E-state index in [4.69, 9.17) is 0 Å². The number of aromatic amines is 1. The summed E-state index contributed by atoms with van der Waals surface area (Å²) in [6, 6.07) is 3.23.